The Labute approximate surface area is 126 Å². The standard InChI is InChI=1S/C15H14N4OS/c1-16-13-6-14(19-12-5-3-2-4-11(12)13)15(20)17-7-10-8-21-9-18-10/h2-6,8-9H,7H2,1H3,(H,16,19)(H,17,20). The molecule has 0 bridgehead atoms. The monoisotopic (exact) mass is 298 g/mol. The number of hydrogen-bond donors (Lipinski definition) is 2. The lowest BCUT2D eigenvalue weighted by Crippen LogP contribution is -2.24. The van der Waals surface area contributed by atoms with E-state index in [1.54, 1.807) is 11.6 Å². The molecule has 3 rings (SSSR count). The minimum absolute atomic E-state index is 0.203. The summed E-state index contributed by atoms with van der Waals surface area (Å²) in [5.41, 5.74) is 4.67. The summed E-state index contributed by atoms with van der Waals surface area (Å²) in [6.45, 7) is 0.408. The lowest BCUT2D eigenvalue weighted by atomic mass is 10.1. The van der Waals surface area contributed by atoms with Crippen molar-refractivity contribution in [1.29, 1.82) is 0 Å². The Bertz CT molecular complexity index is 770. The van der Waals surface area contributed by atoms with Crippen LogP contribution in [0.15, 0.2) is 41.2 Å². The molecule has 2 heterocycles. The van der Waals surface area contributed by atoms with E-state index in [1.165, 1.54) is 11.3 Å². The second kappa shape index (κ2) is 5.88. The number of rotatable bonds is 4. The van der Waals surface area contributed by atoms with Crippen LogP contribution in [0.1, 0.15) is 16.2 Å². The third-order valence-electron chi connectivity index (χ3n) is 3.13. The predicted octanol–water partition coefficient (Wildman–Crippen LogP) is 2.66. The summed E-state index contributed by atoms with van der Waals surface area (Å²) < 4.78 is 0. The normalized spacial score (nSPS) is 10.5. The number of carbonyl (C=O) groups excluding carboxylic acids is 1. The Kier molecular flexibility index (Phi) is 3.79. The highest BCUT2D eigenvalue weighted by Gasteiger charge is 2.11. The quantitative estimate of drug-likeness (QED) is 0.777. The average molecular weight is 298 g/mol. The second-order valence-electron chi connectivity index (χ2n) is 4.48. The number of thiazole rings is 1. The molecule has 0 saturated heterocycles. The van der Waals surface area contributed by atoms with E-state index in [-0.39, 0.29) is 5.91 Å². The van der Waals surface area contributed by atoms with Crippen LogP contribution >= 0.6 is 11.3 Å². The van der Waals surface area contributed by atoms with Crippen molar-refractivity contribution in [2.75, 3.05) is 12.4 Å². The number of fused-ring (bicyclic) bond motifs is 1. The maximum atomic E-state index is 12.2. The maximum Gasteiger partial charge on any atom is 0.270 e. The van der Waals surface area contributed by atoms with Crippen molar-refractivity contribution in [3.05, 3.63) is 52.6 Å². The van der Waals surface area contributed by atoms with Gasteiger partial charge in [-0.1, -0.05) is 18.2 Å². The van der Waals surface area contributed by atoms with Crippen LogP contribution in [-0.4, -0.2) is 22.9 Å². The molecule has 0 radical (unpaired) electrons. The fourth-order valence-corrected chi connectivity index (χ4v) is 2.64. The van der Waals surface area contributed by atoms with E-state index in [9.17, 15) is 4.79 Å². The van der Waals surface area contributed by atoms with Gasteiger partial charge in [0.1, 0.15) is 5.69 Å². The van der Waals surface area contributed by atoms with Crippen LogP contribution < -0.4 is 10.6 Å². The van der Waals surface area contributed by atoms with Crippen LogP contribution in [0.25, 0.3) is 10.9 Å². The third-order valence-corrected chi connectivity index (χ3v) is 3.77. The van der Waals surface area contributed by atoms with Gasteiger partial charge in [0.05, 0.1) is 23.3 Å². The van der Waals surface area contributed by atoms with E-state index in [0.29, 0.717) is 12.2 Å². The highest BCUT2D eigenvalue weighted by atomic mass is 32.1. The lowest BCUT2D eigenvalue weighted by Gasteiger charge is -2.09. The third kappa shape index (κ3) is 2.85. The second-order valence-corrected chi connectivity index (χ2v) is 5.20. The number of benzene rings is 1. The molecule has 5 nitrogen and oxygen atoms in total. The largest absolute Gasteiger partial charge is 0.388 e. The van der Waals surface area contributed by atoms with Crippen molar-refractivity contribution < 1.29 is 4.79 Å². The molecule has 0 aliphatic carbocycles. The zero-order valence-electron chi connectivity index (χ0n) is 11.5. The fraction of sp³-hybridized carbons (Fsp3) is 0.133. The van der Waals surface area contributed by atoms with Gasteiger partial charge >= 0.3 is 0 Å². The molecule has 0 saturated carbocycles. The van der Waals surface area contributed by atoms with Gasteiger partial charge in [-0.15, -0.1) is 11.3 Å². The summed E-state index contributed by atoms with van der Waals surface area (Å²) in [7, 11) is 1.83. The van der Waals surface area contributed by atoms with Gasteiger partial charge in [0.2, 0.25) is 0 Å². The highest BCUT2D eigenvalue weighted by Crippen LogP contribution is 2.22. The average Bonchev–Trinajstić information content (AvgIpc) is 3.04. The Balaban J connectivity index is 1.87. The molecule has 2 N–H and O–H groups in total. The smallest absolute Gasteiger partial charge is 0.270 e. The van der Waals surface area contributed by atoms with E-state index in [1.807, 2.05) is 36.7 Å². The summed E-state index contributed by atoms with van der Waals surface area (Å²) >= 11 is 1.51. The van der Waals surface area contributed by atoms with Crippen LogP contribution in [0, 0.1) is 0 Å². The van der Waals surface area contributed by atoms with Crippen molar-refractivity contribution in [3.8, 4) is 0 Å². The van der Waals surface area contributed by atoms with Crippen LogP contribution in [0.4, 0.5) is 5.69 Å². The van der Waals surface area contributed by atoms with Crippen molar-refractivity contribution in [3.63, 3.8) is 0 Å². The van der Waals surface area contributed by atoms with Crippen molar-refractivity contribution >= 4 is 33.8 Å². The Hall–Kier alpha value is -2.47. The van der Waals surface area contributed by atoms with Crippen LogP contribution in [0.2, 0.25) is 0 Å². The molecule has 1 aromatic carbocycles. The summed E-state index contributed by atoms with van der Waals surface area (Å²) in [6.07, 6.45) is 0. The van der Waals surface area contributed by atoms with Gasteiger partial charge in [-0.05, 0) is 12.1 Å². The van der Waals surface area contributed by atoms with Gasteiger partial charge in [0.15, 0.2) is 0 Å². The first kappa shape index (κ1) is 13.5. The summed E-state index contributed by atoms with van der Waals surface area (Å²) in [5, 5.41) is 8.84. The van der Waals surface area contributed by atoms with E-state index >= 15 is 0 Å². The van der Waals surface area contributed by atoms with Crippen molar-refractivity contribution in [2.24, 2.45) is 0 Å². The number of para-hydroxylation sites is 1. The SMILES string of the molecule is CNc1cc(C(=O)NCc2cscn2)nc2ccccc12. The molecule has 1 amide bonds. The summed E-state index contributed by atoms with van der Waals surface area (Å²) in [6, 6.07) is 9.50. The lowest BCUT2D eigenvalue weighted by molar-refractivity contribution is 0.0946. The zero-order valence-corrected chi connectivity index (χ0v) is 12.3. The van der Waals surface area contributed by atoms with Crippen molar-refractivity contribution in [2.45, 2.75) is 6.54 Å². The first-order valence-corrected chi connectivity index (χ1v) is 7.45. The van der Waals surface area contributed by atoms with Crippen LogP contribution in [-0.2, 0) is 6.54 Å². The minimum Gasteiger partial charge on any atom is -0.388 e. The predicted molar refractivity (Wildman–Crippen MR) is 84.6 cm³/mol. The molecule has 2 aromatic heterocycles. The first-order valence-electron chi connectivity index (χ1n) is 6.51. The summed E-state index contributed by atoms with van der Waals surface area (Å²) in [5.74, 6) is -0.203. The molecular weight excluding hydrogens is 284 g/mol. The van der Waals surface area contributed by atoms with Crippen LogP contribution in [0.3, 0.4) is 0 Å². The van der Waals surface area contributed by atoms with Gasteiger partial charge in [-0.25, -0.2) is 9.97 Å². The minimum atomic E-state index is -0.203. The summed E-state index contributed by atoms with van der Waals surface area (Å²) in [4.78, 5) is 20.8. The topological polar surface area (TPSA) is 66.9 Å². The number of carbonyl (C=O) groups is 1. The molecule has 0 aliphatic heterocycles. The molecule has 6 heteroatoms. The Morgan fingerprint density at radius 1 is 1.33 bits per heavy atom. The molecule has 0 atom stereocenters. The number of nitrogens with one attached hydrogen (secondary N) is 2. The van der Waals surface area contributed by atoms with Gasteiger partial charge in [0, 0.05) is 23.5 Å². The number of pyridine rings is 1. The van der Waals surface area contributed by atoms with Crippen LogP contribution in [0.5, 0.6) is 0 Å². The number of anilines is 1. The van der Waals surface area contributed by atoms with Gasteiger partial charge in [0.25, 0.3) is 5.91 Å². The number of hydrogen-bond acceptors (Lipinski definition) is 5. The molecule has 21 heavy (non-hydrogen) atoms. The fourth-order valence-electron chi connectivity index (χ4n) is 2.08. The number of amides is 1. The first-order chi connectivity index (χ1) is 10.3. The maximum absolute atomic E-state index is 12.2. The molecular formula is C15H14N4OS. The molecule has 0 aliphatic rings. The highest BCUT2D eigenvalue weighted by molar-refractivity contribution is 7.07. The van der Waals surface area contributed by atoms with Gasteiger partial charge < -0.3 is 10.6 Å². The molecule has 3 aromatic rings. The molecule has 0 fully saturated rings. The van der Waals surface area contributed by atoms with E-state index < -0.39 is 0 Å². The number of aromatic nitrogens is 2. The molecule has 0 spiro atoms. The van der Waals surface area contributed by atoms with Gasteiger partial charge in [-0.3, -0.25) is 4.79 Å². The zero-order chi connectivity index (χ0) is 14.7. The Morgan fingerprint density at radius 2 is 2.19 bits per heavy atom. The van der Waals surface area contributed by atoms with E-state index in [2.05, 4.69) is 20.6 Å². The molecule has 106 valence electrons. The van der Waals surface area contributed by atoms with Gasteiger partial charge in [-0.2, -0.15) is 0 Å². The Morgan fingerprint density at radius 3 is 2.95 bits per heavy atom. The van der Waals surface area contributed by atoms with E-state index in [4.69, 9.17) is 0 Å². The molecule has 0 unspecified atom stereocenters. The van der Waals surface area contributed by atoms with E-state index in [0.717, 1.165) is 22.3 Å². The van der Waals surface area contributed by atoms with Crippen molar-refractivity contribution in [1.82, 2.24) is 15.3 Å². The number of nitrogens with zero attached hydrogens (tertiary/aromatic N) is 2.